The molecular formula is C9H13NSe. The zero-order valence-electron chi connectivity index (χ0n) is 6.66. The molecule has 2 N–H and O–H groups in total. The van der Waals surface area contributed by atoms with Crippen molar-refractivity contribution < 1.29 is 0 Å². The number of hydrogen-bond acceptors (Lipinski definition) is 1. The molecule has 0 aliphatic rings. The van der Waals surface area contributed by atoms with Crippen molar-refractivity contribution in [2.75, 3.05) is 0 Å². The summed E-state index contributed by atoms with van der Waals surface area (Å²) in [6, 6.07) is 10.9. The molecular weight excluding hydrogens is 201 g/mol. The molecule has 0 radical (unpaired) electrons. The van der Waals surface area contributed by atoms with Crippen molar-refractivity contribution >= 4 is 19.4 Å². The van der Waals surface area contributed by atoms with Crippen LogP contribution in [0.4, 0.5) is 0 Å². The van der Waals surface area contributed by atoms with Crippen molar-refractivity contribution in [3.63, 3.8) is 0 Å². The molecule has 0 bridgehead atoms. The third-order valence-corrected chi connectivity index (χ3v) is 3.98. The van der Waals surface area contributed by atoms with Crippen molar-refractivity contribution in [3.8, 4) is 0 Å². The molecule has 0 saturated heterocycles. The van der Waals surface area contributed by atoms with Crippen LogP contribution in [0.25, 0.3) is 0 Å². The van der Waals surface area contributed by atoms with Crippen molar-refractivity contribution in [2.45, 2.75) is 18.3 Å². The van der Waals surface area contributed by atoms with Gasteiger partial charge in [0, 0.05) is 0 Å². The summed E-state index contributed by atoms with van der Waals surface area (Å²) in [5.41, 5.74) is 5.66. The summed E-state index contributed by atoms with van der Waals surface area (Å²) in [5.74, 6) is 0. The second-order valence-corrected chi connectivity index (χ2v) is 4.90. The molecule has 1 aromatic rings. The number of hydrogen-bond donors (Lipinski definition) is 1. The van der Waals surface area contributed by atoms with Gasteiger partial charge in [0.15, 0.2) is 0 Å². The van der Waals surface area contributed by atoms with Gasteiger partial charge in [-0.1, -0.05) is 0 Å². The molecule has 0 spiro atoms. The Labute approximate surface area is 74.1 Å². The van der Waals surface area contributed by atoms with E-state index < -0.39 is 0 Å². The first kappa shape index (κ1) is 8.79. The van der Waals surface area contributed by atoms with Crippen LogP contribution in [0.15, 0.2) is 30.3 Å². The molecule has 1 rings (SSSR count). The first-order valence-corrected chi connectivity index (χ1v) is 5.79. The van der Waals surface area contributed by atoms with Gasteiger partial charge < -0.3 is 0 Å². The van der Waals surface area contributed by atoms with Gasteiger partial charge in [0.2, 0.25) is 0 Å². The number of nitrogens with two attached hydrogens (primary N) is 1. The van der Waals surface area contributed by atoms with Crippen LogP contribution >= 0.6 is 0 Å². The van der Waals surface area contributed by atoms with Crippen LogP contribution in [0, 0.1) is 0 Å². The molecule has 1 nitrogen and oxygen atoms in total. The quantitative estimate of drug-likeness (QED) is 0.739. The van der Waals surface area contributed by atoms with E-state index in [1.54, 1.807) is 0 Å². The van der Waals surface area contributed by atoms with Crippen LogP contribution < -0.4 is 10.2 Å². The predicted molar refractivity (Wildman–Crippen MR) is 50.3 cm³/mol. The van der Waals surface area contributed by atoms with Crippen LogP contribution in [-0.2, 0) is 0 Å². The Kier molecular flexibility index (Phi) is 3.64. The SMILES string of the molecule is C[C@H](N)C[Se]c1ccccc1. The van der Waals surface area contributed by atoms with Crippen LogP contribution in [-0.4, -0.2) is 21.0 Å². The Morgan fingerprint density at radius 2 is 2.00 bits per heavy atom. The molecule has 11 heavy (non-hydrogen) atoms. The molecule has 0 saturated carbocycles. The second kappa shape index (κ2) is 4.55. The van der Waals surface area contributed by atoms with Gasteiger partial charge in [0.1, 0.15) is 0 Å². The maximum atomic E-state index is 5.66. The van der Waals surface area contributed by atoms with Gasteiger partial charge in [0.05, 0.1) is 0 Å². The summed E-state index contributed by atoms with van der Waals surface area (Å²) in [4.78, 5) is 0. The van der Waals surface area contributed by atoms with Gasteiger partial charge in [-0.05, 0) is 0 Å². The van der Waals surface area contributed by atoms with Crippen molar-refractivity contribution in [1.82, 2.24) is 0 Å². The molecule has 0 aliphatic heterocycles. The Balaban J connectivity index is 2.39. The van der Waals surface area contributed by atoms with Gasteiger partial charge >= 0.3 is 73.8 Å². The minimum absolute atomic E-state index is 0.343. The average molecular weight is 214 g/mol. The van der Waals surface area contributed by atoms with Crippen LogP contribution in [0.2, 0.25) is 5.32 Å². The summed E-state index contributed by atoms with van der Waals surface area (Å²) in [7, 11) is 0. The Hall–Kier alpha value is -0.301. The summed E-state index contributed by atoms with van der Waals surface area (Å²) in [6.45, 7) is 2.06. The van der Waals surface area contributed by atoms with E-state index in [2.05, 4.69) is 31.2 Å². The van der Waals surface area contributed by atoms with Gasteiger partial charge in [0.25, 0.3) is 0 Å². The van der Waals surface area contributed by atoms with E-state index in [0.29, 0.717) is 21.0 Å². The fourth-order valence-corrected chi connectivity index (χ4v) is 2.43. The standard InChI is InChI=1S/C9H13NSe/c1-8(10)7-11-9-5-3-2-4-6-9/h2-6,8H,7,10H2,1H3/t8-/m0/s1. The van der Waals surface area contributed by atoms with Crippen molar-refractivity contribution in [3.05, 3.63) is 30.3 Å². The molecule has 0 heterocycles. The van der Waals surface area contributed by atoms with E-state index in [4.69, 9.17) is 5.73 Å². The summed E-state index contributed by atoms with van der Waals surface area (Å²) >= 11 is 0.565. The van der Waals surface area contributed by atoms with Crippen molar-refractivity contribution in [2.24, 2.45) is 5.73 Å². The Morgan fingerprint density at radius 1 is 1.36 bits per heavy atom. The first-order valence-electron chi connectivity index (χ1n) is 3.72. The number of benzene rings is 1. The van der Waals surface area contributed by atoms with Crippen molar-refractivity contribution in [1.29, 1.82) is 0 Å². The Bertz CT molecular complexity index is 196. The molecule has 1 atom stereocenters. The topological polar surface area (TPSA) is 26.0 Å². The number of rotatable bonds is 3. The summed E-state index contributed by atoms with van der Waals surface area (Å²) < 4.78 is 1.44. The fraction of sp³-hybridized carbons (Fsp3) is 0.333. The molecule has 0 amide bonds. The van der Waals surface area contributed by atoms with Gasteiger partial charge in [-0.25, -0.2) is 0 Å². The van der Waals surface area contributed by atoms with E-state index in [9.17, 15) is 0 Å². The van der Waals surface area contributed by atoms with Gasteiger partial charge in [-0.3, -0.25) is 0 Å². The van der Waals surface area contributed by atoms with E-state index in [1.165, 1.54) is 4.46 Å². The molecule has 0 aliphatic carbocycles. The third kappa shape index (κ3) is 3.57. The van der Waals surface area contributed by atoms with Gasteiger partial charge in [-0.15, -0.1) is 0 Å². The molecule has 2 heteroatoms. The molecule has 60 valence electrons. The first-order chi connectivity index (χ1) is 5.29. The van der Waals surface area contributed by atoms with Gasteiger partial charge in [-0.2, -0.15) is 0 Å². The molecule has 0 unspecified atom stereocenters. The van der Waals surface area contributed by atoms with E-state index in [1.807, 2.05) is 6.07 Å². The predicted octanol–water partition coefficient (Wildman–Crippen LogP) is 0.782. The summed E-state index contributed by atoms with van der Waals surface area (Å²) in [6.07, 6.45) is 0. The molecule has 1 aromatic carbocycles. The monoisotopic (exact) mass is 215 g/mol. The van der Waals surface area contributed by atoms with Crippen LogP contribution in [0.1, 0.15) is 6.92 Å². The van der Waals surface area contributed by atoms with Crippen LogP contribution in [0.5, 0.6) is 0 Å². The zero-order chi connectivity index (χ0) is 8.10. The molecule has 0 fully saturated rings. The normalized spacial score (nSPS) is 12.9. The third-order valence-electron chi connectivity index (χ3n) is 1.26. The fourth-order valence-electron chi connectivity index (χ4n) is 0.744. The minimum atomic E-state index is 0.343. The van der Waals surface area contributed by atoms with E-state index in [-0.39, 0.29) is 0 Å². The molecule has 0 aromatic heterocycles. The summed E-state index contributed by atoms with van der Waals surface area (Å²) in [5, 5.41) is 1.14. The Morgan fingerprint density at radius 3 is 2.55 bits per heavy atom. The second-order valence-electron chi connectivity index (χ2n) is 2.60. The zero-order valence-corrected chi connectivity index (χ0v) is 8.37. The average Bonchev–Trinajstić information content (AvgIpc) is 2.03. The van der Waals surface area contributed by atoms with E-state index in [0.717, 1.165) is 5.32 Å². The van der Waals surface area contributed by atoms with E-state index >= 15 is 0 Å². The maximum absolute atomic E-state index is 5.66. The van der Waals surface area contributed by atoms with Crippen LogP contribution in [0.3, 0.4) is 0 Å².